The maximum atomic E-state index is 12.6. The monoisotopic (exact) mass is 492 g/mol. The summed E-state index contributed by atoms with van der Waals surface area (Å²) in [7, 11) is 0. The first-order valence-electron chi connectivity index (χ1n) is 15.6. The van der Waals surface area contributed by atoms with Gasteiger partial charge >= 0.3 is 11.9 Å². The molecule has 0 aromatic rings. The van der Waals surface area contributed by atoms with Crippen molar-refractivity contribution in [3.63, 3.8) is 0 Å². The molecule has 2 aliphatic rings. The molecule has 0 amide bonds. The van der Waals surface area contributed by atoms with E-state index in [4.69, 9.17) is 9.47 Å². The van der Waals surface area contributed by atoms with Crippen molar-refractivity contribution in [3.8, 4) is 0 Å². The van der Waals surface area contributed by atoms with E-state index in [2.05, 4.69) is 6.92 Å². The Balaban J connectivity index is 1.47. The molecule has 204 valence electrons. The Morgan fingerprint density at radius 1 is 0.657 bits per heavy atom. The molecule has 0 bridgehead atoms. The fourth-order valence-electron chi connectivity index (χ4n) is 5.79. The van der Waals surface area contributed by atoms with Gasteiger partial charge in [0.15, 0.2) is 0 Å². The fourth-order valence-corrected chi connectivity index (χ4v) is 5.79. The molecule has 4 heteroatoms. The normalized spacial score (nSPS) is 18.3. The summed E-state index contributed by atoms with van der Waals surface area (Å²) in [5, 5.41) is 0. The van der Waals surface area contributed by atoms with E-state index in [9.17, 15) is 9.59 Å². The molecule has 1 unspecified atom stereocenters. The van der Waals surface area contributed by atoms with Crippen molar-refractivity contribution < 1.29 is 19.1 Å². The van der Waals surface area contributed by atoms with E-state index >= 15 is 0 Å². The molecule has 0 radical (unpaired) electrons. The van der Waals surface area contributed by atoms with Crippen molar-refractivity contribution in [3.05, 3.63) is 0 Å². The van der Waals surface area contributed by atoms with Crippen LogP contribution >= 0.6 is 0 Å². The first-order valence-corrected chi connectivity index (χ1v) is 15.6. The molecular weight excluding hydrogens is 436 g/mol. The lowest BCUT2D eigenvalue weighted by molar-refractivity contribution is -0.156. The Bertz CT molecular complexity index is 534. The average Bonchev–Trinajstić information content (AvgIpc) is 2.88. The average molecular weight is 493 g/mol. The van der Waals surface area contributed by atoms with Crippen LogP contribution in [0.2, 0.25) is 0 Å². The number of hydrogen-bond acceptors (Lipinski definition) is 4. The molecule has 1 atom stereocenters. The summed E-state index contributed by atoms with van der Waals surface area (Å²) in [6, 6.07) is 0. The summed E-state index contributed by atoms with van der Waals surface area (Å²) in [4.78, 5) is 24.6. The van der Waals surface area contributed by atoms with E-state index in [1.165, 1.54) is 103 Å². The van der Waals surface area contributed by atoms with E-state index in [1.54, 1.807) is 0 Å². The van der Waals surface area contributed by atoms with Gasteiger partial charge in [0.1, 0.15) is 12.2 Å². The minimum atomic E-state index is 0.0188. The molecule has 2 rings (SSSR count). The number of carbonyl (C=O) groups is 2. The maximum absolute atomic E-state index is 12.6. The van der Waals surface area contributed by atoms with Crippen LogP contribution in [-0.2, 0) is 19.1 Å². The molecule has 4 nitrogen and oxygen atoms in total. The summed E-state index contributed by atoms with van der Waals surface area (Å²) < 4.78 is 11.6. The highest BCUT2D eigenvalue weighted by Crippen LogP contribution is 2.26. The van der Waals surface area contributed by atoms with Gasteiger partial charge < -0.3 is 9.47 Å². The number of unbranched alkanes of at least 4 members (excludes halogenated alkanes) is 10. The predicted molar refractivity (Wildman–Crippen MR) is 144 cm³/mol. The number of rotatable bonds is 19. The molecule has 0 spiro atoms. The Hall–Kier alpha value is -1.06. The van der Waals surface area contributed by atoms with Gasteiger partial charge in [-0.2, -0.15) is 0 Å². The van der Waals surface area contributed by atoms with E-state index < -0.39 is 0 Å². The van der Waals surface area contributed by atoms with Crippen LogP contribution in [0, 0.1) is 5.92 Å². The zero-order valence-corrected chi connectivity index (χ0v) is 23.0. The van der Waals surface area contributed by atoms with Crippen LogP contribution in [0.25, 0.3) is 0 Å². The van der Waals surface area contributed by atoms with Gasteiger partial charge in [0.25, 0.3) is 0 Å². The Labute approximate surface area is 216 Å². The molecule has 0 aromatic carbocycles. The topological polar surface area (TPSA) is 52.6 Å². The number of esters is 2. The molecule has 0 saturated heterocycles. The van der Waals surface area contributed by atoms with Crippen LogP contribution in [0.1, 0.15) is 167 Å². The SMILES string of the molecule is CCCCCCC(CCCCCCCCCCC(=O)OC1CCCCC1)OC(=O)C1CCCCC1. The van der Waals surface area contributed by atoms with E-state index in [-0.39, 0.29) is 30.1 Å². The van der Waals surface area contributed by atoms with Crippen LogP contribution in [0.5, 0.6) is 0 Å². The predicted octanol–water partition coefficient (Wildman–Crippen LogP) is 9.23. The summed E-state index contributed by atoms with van der Waals surface area (Å²) in [6.07, 6.45) is 29.1. The van der Waals surface area contributed by atoms with Gasteiger partial charge in [0.2, 0.25) is 0 Å². The number of carbonyl (C=O) groups excluding carboxylic acids is 2. The Morgan fingerprint density at radius 2 is 1.17 bits per heavy atom. The second-order valence-corrected chi connectivity index (χ2v) is 11.4. The van der Waals surface area contributed by atoms with Crippen molar-refractivity contribution in [1.29, 1.82) is 0 Å². The van der Waals surface area contributed by atoms with Gasteiger partial charge in [0, 0.05) is 6.42 Å². The van der Waals surface area contributed by atoms with Crippen LogP contribution < -0.4 is 0 Å². The standard InChI is InChI=1S/C31H56O4/c1-2-3-4-15-24-29(35-31(33)27-20-13-11-14-21-27)25-16-9-7-5-6-8-10-19-26-30(32)34-28-22-17-12-18-23-28/h27-29H,2-26H2,1H3. The third-order valence-electron chi connectivity index (χ3n) is 8.11. The number of ether oxygens (including phenoxy) is 2. The van der Waals surface area contributed by atoms with Crippen molar-refractivity contribution >= 4 is 11.9 Å². The highest BCUT2D eigenvalue weighted by atomic mass is 16.5. The van der Waals surface area contributed by atoms with Crippen molar-refractivity contribution in [2.24, 2.45) is 5.92 Å². The summed E-state index contributed by atoms with van der Waals surface area (Å²) >= 11 is 0. The lowest BCUT2D eigenvalue weighted by atomic mass is 9.89. The van der Waals surface area contributed by atoms with Gasteiger partial charge in [-0.15, -0.1) is 0 Å². The number of hydrogen-bond donors (Lipinski definition) is 0. The largest absolute Gasteiger partial charge is 0.462 e. The third kappa shape index (κ3) is 14.9. The first-order chi connectivity index (χ1) is 17.2. The molecule has 2 saturated carbocycles. The molecule has 0 aromatic heterocycles. The summed E-state index contributed by atoms with van der Waals surface area (Å²) in [5.41, 5.74) is 0. The highest BCUT2D eigenvalue weighted by molar-refractivity contribution is 5.72. The lowest BCUT2D eigenvalue weighted by Gasteiger charge is -2.24. The van der Waals surface area contributed by atoms with Gasteiger partial charge in [-0.25, -0.2) is 0 Å². The summed E-state index contributed by atoms with van der Waals surface area (Å²) in [5.74, 6) is 0.272. The van der Waals surface area contributed by atoms with Gasteiger partial charge in [0.05, 0.1) is 5.92 Å². The van der Waals surface area contributed by atoms with E-state index in [0.717, 1.165) is 51.4 Å². The second-order valence-electron chi connectivity index (χ2n) is 11.4. The first kappa shape index (κ1) is 30.2. The molecular formula is C31H56O4. The van der Waals surface area contributed by atoms with Crippen LogP contribution in [0.3, 0.4) is 0 Å². The second kappa shape index (κ2) is 20.0. The Kier molecular flexibility index (Phi) is 17.3. The molecule has 0 aliphatic heterocycles. The van der Waals surface area contributed by atoms with Crippen molar-refractivity contribution in [2.45, 2.75) is 180 Å². The fraction of sp³-hybridized carbons (Fsp3) is 0.935. The van der Waals surface area contributed by atoms with E-state index in [1.807, 2.05) is 0 Å². The highest BCUT2D eigenvalue weighted by Gasteiger charge is 2.25. The zero-order valence-electron chi connectivity index (χ0n) is 23.0. The lowest BCUT2D eigenvalue weighted by Crippen LogP contribution is -2.26. The minimum absolute atomic E-state index is 0.0188. The minimum Gasteiger partial charge on any atom is -0.462 e. The molecule has 0 heterocycles. The van der Waals surface area contributed by atoms with Gasteiger partial charge in [-0.3, -0.25) is 9.59 Å². The summed E-state index contributed by atoms with van der Waals surface area (Å²) in [6.45, 7) is 2.24. The Morgan fingerprint density at radius 3 is 1.77 bits per heavy atom. The molecule has 35 heavy (non-hydrogen) atoms. The van der Waals surface area contributed by atoms with Gasteiger partial charge in [-0.05, 0) is 70.6 Å². The van der Waals surface area contributed by atoms with Crippen LogP contribution in [-0.4, -0.2) is 24.1 Å². The quantitative estimate of drug-likeness (QED) is 0.133. The zero-order chi connectivity index (χ0) is 25.0. The van der Waals surface area contributed by atoms with E-state index in [0.29, 0.717) is 6.42 Å². The van der Waals surface area contributed by atoms with Crippen LogP contribution in [0.15, 0.2) is 0 Å². The smallest absolute Gasteiger partial charge is 0.309 e. The van der Waals surface area contributed by atoms with Crippen molar-refractivity contribution in [2.75, 3.05) is 0 Å². The van der Waals surface area contributed by atoms with Gasteiger partial charge in [-0.1, -0.05) is 90.4 Å². The third-order valence-corrected chi connectivity index (χ3v) is 8.11. The maximum Gasteiger partial charge on any atom is 0.309 e. The van der Waals surface area contributed by atoms with Crippen molar-refractivity contribution in [1.82, 2.24) is 0 Å². The molecule has 2 fully saturated rings. The van der Waals surface area contributed by atoms with Crippen LogP contribution in [0.4, 0.5) is 0 Å². The molecule has 0 N–H and O–H groups in total. The molecule has 2 aliphatic carbocycles.